The maximum absolute atomic E-state index is 2.50. The highest BCUT2D eigenvalue weighted by Gasteiger charge is 2.51. The van der Waals surface area contributed by atoms with Gasteiger partial charge in [0.05, 0.1) is 11.0 Å². The van der Waals surface area contributed by atoms with Crippen molar-refractivity contribution in [1.82, 2.24) is 4.57 Å². The van der Waals surface area contributed by atoms with Crippen LogP contribution in [0.1, 0.15) is 35.0 Å². The molecule has 2 heteroatoms. The molecule has 0 aliphatic carbocycles. The van der Waals surface area contributed by atoms with Crippen LogP contribution in [-0.4, -0.2) is 4.57 Å². The fourth-order valence-electron chi connectivity index (χ4n) is 5.69. The van der Waals surface area contributed by atoms with Crippen LogP contribution in [0.2, 0.25) is 0 Å². The second-order valence-electron chi connectivity index (χ2n) is 9.09. The average Bonchev–Trinajstić information content (AvgIpc) is 3.32. The molecular weight excluding hydrogens is 400 g/mol. The monoisotopic (exact) mass is 427 g/mol. The summed E-state index contributed by atoms with van der Waals surface area (Å²) in [6, 6.07) is 39.3. The van der Waals surface area contributed by atoms with E-state index in [1.165, 1.54) is 50.8 Å². The highest BCUT2D eigenvalue weighted by atomic mass is 15.2. The standard InChI is InChI=1S/C31H27N2/c1-22-14-10-12-20-27(22)32-23(2)29-31(3,25-17-8-5-9-18-25)26-19-11-13-21-28(26)33(29)30(32)24-15-6-4-7-16-24/h4-21H,1-3H3/q+1. The minimum atomic E-state index is -0.251. The molecule has 0 amide bonds. The van der Waals surface area contributed by atoms with Gasteiger partial charge in [-0.1, -0.05) is 84.9 Å². The van der Waals surface area contributed by atoms with Crippen molar-refractivity contribution >= 4 is 0 Å². The fraction of sp³-hybridized carbons (Fsp3) is 0.129. The van der Waals surface area contributed by atoms with Gasteiger partial charge in [0, 0.05) is 12.5 Å². The van der Waals surface area contributed by atoms with Gasteiger partial charge in [-0.05, 0) is 49.2 Å². The van der Waals surface area contributed by atoms with E-state index in [0.29, 0.717) is 0 Å². The van der Waals surface area contributed by atoms with Crippen LogP contribution in [0.5, 0.6) is 0 Å². The number of fused-ring (bicyclic) bond motifs is 3. The third kappa shape index (κ3) is 2.70. The summed E-state index contributed by atoms with van der Waals surface area (Å²) >= 11 is 0. The van der Waals surface area contributed by atoms with Gasteiger partial charge in [0.2, 0.25) is 0 Å². The summed E-state index contributed by atoms with van der Waals surface area (Å²) in [5, 5.41) is 0. The number of aromatic nitrogens is 2. The Morgan fingerprint density at radius 2 is 1.27 bits per heavy atom. The van der Waals surface area contributed by atoms with Gasteiger partial charge in [-0.2, -0.15) is 9.13 Å². The predicted octanol–water partition coefficient (Wildman–Crippen LogP) is 6.71. The minimum absolute atomic E-state index is 0.251. The fourth-order valence-corrected chi connectivity index (χ4v) is 5.69. The molecule has 6 rings (SSSR count). The van der Waals surface area contributed by atoms with Gasteiger partial charge in [-0.3, -0.25) is 0 Å². The first kappa shape index (κ1) is 19.8. The molecule has 0 fully saturated rings. The van der Waals surface area contributed by atoms with Crippen molar-refractivity contribution in [2.75, 3.05) is 0 Å². The lowest BCUT2D eigenvalue weighted by atomic mass is 9.74. The molecule has 33 heavy (non-hydrogen) atoms. The van der Waals surface area contributed by atoms with Crippen molar-refractivity contribution in [2.24, 2.45) is 0 Å². The number of aryl methyl sites for hydroxylation is 1. The number of hydrogen-bond donors (Lipinski definition) is 0. The molecule has 0 N–H and O–H groups in total. The lowest BCUT2D eigenvalue weighted by Crippen LogP contribution is -2.35. The first-order chi connectivity index (χ1) is 16.1. The van der Waals surface area contributed by atoms with Crippen molar-refractivity contribution in [3.63, 3.8) is 0 Å². The van der Waals surface area contributed by atoms with E-state index in [1.54, 1.807) is 0 Å². The highest BCUT2D eigenvalue weighted by Crippen LogP contribution is 2.47. The van der Waals surface area contributed by atoms with Gasteiger partial charge in [0.25, 0.3) is 5.82 Å². The largest absolute Gasteiger partial charge is 0.299 e. The third-order valence-corrected chi connectivity index (χ3v) is 7.22. The number of rotatable bonds is 3. The Balaban J connectivity index is 1.80. The number of hydrogen-bond acceptors (Lipinski definition) is 0. The van der Waals surface area contributed by atoms with Crippen LogP contribution in [0.4, 0.5) is 0 Å². The van der Waals surface area contributed by atoms with Crippen molar-refractivity contribution in [3.05, 3.63) is 137 Å². The molecule has 2 heterocycles. The van der Waals surface area contributed by atoms with E-state index in [2.05, 4.69) is 139 Å². The summed E-state index contributed by atoms with van der Waals surface area (Å²) < 4.78 is 4.95. The molecule has 2 nitrogen and oxygen atoms in total. The molecule has 5 aromatic rings. The summed E-state index contributed by atoms with van der Waals surface area (Å²) in [6.45, 7) is 6.85. The van der Waals surface area contributed by atoms with Crippen LogP contribution in [0.25, 0.3) is 22.8 Å². The Morgan fingerprint density at radius 1 is 0.667 bits per heavy atom. The van der Waals surface area contributed by atoms with Crippen molar-refractivity contribution in [1.29, 1.82) is 0 Å². The van der Waals surface area contributed by atoms with Gasteiger partial charge in [0.15, 0.2) is 11.4 Å². The lowest BCUT2D eigenvalue weighted by molar-refractivity contribution is -0.586. The van der Waals surface area contributed by atoms with Crippen LogP contribution in [0.15, 0.2) is 109 Å². The molecule has 1 aliphatic rings. The van der Waals surface area contributed by atoms with Crippen LogP contribution in [0, 0.1) is 13.8 Å². The Labute approximate surface area is 195 Å². The van der Waals surface area contributed by atoms with E-state index >= 15 is 0 Å². The van der Waals surface area contributed by atoms with E-state index in [0.717, 1.165) is 0 Å². The Bertz CT molecular complexity index is 1480. The molecule has 1 unspecified atom stereocenters. The van der Waals surface area contributed by atoms with E-state index in [4.69, 9.17) is 0 Å². The predicted molar refractivity (Wildman–Crippen MR) is 134 cm³/mol. The normalized spacial score (nSPS) is 16.5. The quantitative estimate of drug-likeness (QED) is 0.283. The van der Waals surface area contributed by atoms with Crippen LogP contribution in [-0.2, 0) is 5.41 Å². The maximum Gasteiger partial charge on any atom is 0.299 e. The van der Waals surface area contributed by atoms with E-state index in [9.17, 15) is 0 Å². The number of benzene rings is 4. The smallest absolute Gasteiger partial charge is 0.192 e. The van der Waals surface area contributed by atoms with E-state index in [-0.39, 0.29) is 5.41 Å². The summed E-state index contributed by atoms with van der Waals surface area (Å²) in [5.74, 6) is 1.20. The zero-order valence-corrected chi connectivity index (χ0v) is 19.3. The van der Waals surface area contributed by atoms with Gasteiger partial charge >= 0.3 is 0 Å². The minimum Gasteiger partial charge on any atom is -0.192 e. The maximum atomic E-state index is 2.50. The first-order valence-electron chi connectivity index (χ1n) is 11.6. The Morgan fingerprint density at radius 3 is 2.00 bits per heavy atom. The number of nitrogens with zero attached hydrogens (tertiary/aromatic N) is 2. The van der Waals surface area contributed by atoms with Gasteiger partial charge in [-0.15, -0.1) is 0 Å². The molecular formula is C31H27N2+. The van der Waals surface area contributed by atoms with Crippen molar-refractivity contribution < 1.29 is 4.57 Å². The summed E-state index contributed by atoms with van der Waals surface area (Å²) in [4.78, 5) is 0. The van der Waals surface area contributed by atoms with E-state index in [1.807, 2.05) is 0 Å². The Kier molecular flexibility index (Phi) is 4.38. The van der Waals surface area contributed by atoms with Crippen LogP contribution < -0.4 is 4.57 Å². The molecule has 0 saturated carbocycles. The third-order valence-electron chi connectivity index (χ3n) is 7.22. The molecule has 0 spiro atoms. The van der Waals surface area contributed by atoms with E-state index < -0.39 is 0 Å². The van der Waals surface area contributed by atoms with Crippen molar-refractivity contribution in [3.8, 4) is 22.8 Å². The summed E-state index contributed by atoms with van der Waals surface area (Å²) in [6.07, 6.45) is 0. The number of imidazole rings is 1. The molecule has 0 bridgehead atoms. The zero-order valence-electron chi connectivity index (χ0n) is 19.3. The van der Waals surface area contributed by atoms with Crippen LogP contribution >= 0.6 is 0 Å². The molecule has 1 aromatic heterocycles. The molecule has 1 atom stereocenters. The molecule has 160 valence electrons. The SMILES string of the molecule is Cc1ccccc1-n1c(C)c2[n+](c1-c1ccccc1)-c1ccccc1C2(C)c1ccccc1. The van der Waals surface area contributed by atoms with Gasteiger partial charge in [0.1, 0.15) is 11.4 Å². The van der Waals surface area contributed by atoms with Gasteiger partial charge < -0.3 is 0 Å². The first-order valence-corrected chi connectivity index (χ1v) is 11.6. The summed E-state index contributed by atoms with van der Waals surface area (Å²) in [5.41, 5.74) is 9.97. The molecule has 0 saturated heterocycles. The van der Waals surface area contributed by atoms with Crippen LogP contribution in [0.3, 0.4) is 0 Å². The zero-order chi connectivity index (χ0) is 22.6. The second-order valence-corrected chi connectivity index (χ2v) is 9.09. The van der Waals surface area contributed by atoms with Gasteiger partial charge in [-0.25, -0.2) is 0 Å². The molecule has 4 aromatic carbocycles. The van der Waals surface area contributed by atoms with Crippen molar-refractivity contribution in [2.45, 2.75) is 26.2 Å². The highest BCUT2D eigenvalue weighted by molar-refractivity contribution is 5.65. The molecule has 1 aliphatic heterocycles. The average molecular weight is 428 g/mol. The number of para-hydroxylation sites is 2. The molecule has 0 radical (unpaired) electrons. The topological polar surface area (TPSA) is 8.81 Å². The lowest BCUT2D eigenvalue weighted by Gasteiger charge is -2.24. The second kappa shape index (κ2) is 7.31. The summed E-state index contributed by atoms with van der Waals surface area (Å²) in [7, 11) is 0. The Hall–Kier alpha value is -3.91.